The lowest BCUT2D eigenvalue weighted by atomic mass is 9.77. The Bertz CT molecular complexity index is 476. The molecule has 0 radical (unpaired) electrons. The van der Waals surface area contributed by atoms with Crippen molar-refractivity contribution < 1.29 is 4.79 Å². The number of nitrogens with zero attached hydrogens (tertiary/aromatic N) is 2. The molecule has 0 saturated carbocycles. The van der Waals surface area contributed by atoms with E-state index in [1.54, 1.807) is 13.1 Å². The summed E-state index contributed by atoms with van der Waals surface area (Å²) >= 11 is 0. The minimum Gasteiger partial charge on any atom is -0.356 e. The largest absolute Gasteiger partial charge is 0.356 e. The predicted octanol–water partition coefficient (Wildman–Crippen LogP) is 3.94. The van der Waals surface area contributed by atoms with Crippen LogP contribution in [-0.4, -0.2) is 23.9 Å². The third-order valence-electron chi connectivity index (χ3n) is 4.42. The number of carbonyl (C=O) groups is 1. The molecule has 3 nitrogen and oxygen atoms in total. The molecule has 2 rings (SSSR count). The topological polar surface area (TPSA) is 33.2 Å². The normalized spacial score (nSPS) is 20.6. The van der Waals surface area contributed by atoms with E-state index in [-0.39, 0.29) is 5.78 Å². The second-order valence-electron chi connectivity index (χ2n) is 6.91. The van der Waals surface area contributed by atoms with Gasteiger partial charge >= 0.3 is 0 Å². The van der Waals surface area contributed by atoms with Crippen LogP contribution in [0.3, 0.4) is 0 Å². The molecule has 0 aliphatic carbocycles. The Balaban J connectivity index is 2.17. The summed E-state index contributed by atoms with van der Waals surface area (Å²) in [6, 6.07) is 3.73. The number of hydrogen-bond donors (Lipinski definition) is 0. The quantitative estimate of drug-likeness (QED) is 0.766. The first-order chi connectivity index (χ1) is 9.39. The Labute approximate surface area is 122 Å². The van der Waals surface area contributed by atoms with E-state index >= 15 is 0 Å². The van der Waals surface area contributed by atoms with Gasteiger partial charge in [-0.1, -0.05) is 20.8 Å². The number of rotatable bonds is 2. The third-order valence-corrected chi connectivity index (χ3v) is 4.42. The van der Waals surface area contributed by atoms with Crippen molar-refractivity contribution in [2.24, 2.45) is 11.3 Å². The summed E-state index contributed by atoms with van der Waals surface area (Å²) in [4.78, 5) is 18.5. The maximum Gasteiger partial charge on any atom is 0.163 e. The van der Waals surface area contributed by atoms with Crippen molar-refractivity contribution in [1.29, 1.82) is 0 Å². The van der Waals surface area contributed by atoms with Gasteiger partial charge in [-0.15, -0.1) is 0 Å². The molecular formula is C17H26N2O. The fourth-order valence-corrected chi connectivity index (χ4v) is 3.10. The molecule has 1 aromatic heterocycles. The number of Topliss-reactive ketones (excluding diaryl/α,β-unsaturated/α-hetero) is 1. The van der Waals surface area contributed by atoms with Gasteiger partial charge in [0.2, 0.25) is 0 Å². The van der Waals surface area contributed by atoms with E-state index in [4.69, 9.17) is 0 Å². The highest BCUT2D eigenvalue weighted by Gasteiger charge is 2.28. The lowest BCUT2D eigenvalue weighted by Crippen LogP contribution is -2.28. The van der Waals surface area contributed by atoms with Crippen LogP contribution in [0.5, 0.6) is 0 Å². The van der Waals surface area contributed by atoms with Gasteiger partial charge in [-0.05, 0) is 49.7 Å². The van der Waals surface area contributed by atoms with Crippen LogP contribution in [0, 0.1) is 11.3 Å². The Morgan fingerprint density at radius 1 is 1.30 bits per heavy atom. The van der Waals surface area contributed by atoms with Crippen molar-refractivity contribution in [3.8, 4) is 0 Å². The predicted molar refractivity (Wildman–Crippen MR) is 83.3 cm³/mol. The fourth-order valence-electron chi connectivity index (χ4n) is 3.10. The van der Waals surface area contributed by atoms with Crippen molar-refractivity contribution >= 4 is 11.6 Å². The smallest absolute Gasteiger partial charge is 0.163 e. The molecule has 110 valence electrons. The molecule has 0 bridgehead atoms. The van der Waals surface area contributed by atoms with Crippen LogP contribution in [-0.2, 0) is 0 Å². The number of ketones is 1. The first-order valence-electron chi connectivity index (χ1n) is 7.60. The average Bonchev–Trinajstić information content (AvgIpc) is 2.63. The summed E-state index contributed by atoms with van der Waals surface area (Å²) in [5.41, 5.74) is 1.12. The molecule has 1 aliphatic heterocycles. The summed E-state index contributed by atoms with van der Waals surface area (Å²) in [6.45, 7) is 10.6. The minimum absolute atomic E-state index is 0.102. The van der Waals surface area contributed by atoms with Gasteiger partial charge in [-0.25, -0.2) is 4.98 Å². The van der Waals surface area contributed by atoms with Gasteiger partial charge in [0, 0.05) is 19.3 Å². The summed E-state index contributed by atoms with van der Waals surface area (Å²) in [6.07, 6.45) is 5.41. The molecule has 1 fully saturated rings. The highest BCUT2D eigenvalue weighted by atomic mass is 16.1. The Kier molecular flexibility index (Phi) is 4.46. The first kappa shape index (κ1) is 15.0. The second-order valence-corrected chi connectivity index (χ2v) is 6.91. The summed E-state index contributed by atoms with van der Waals surface area (Å²) in [7, 11) is 0. The van der Waals surface area contributed by atoms with Gasteiger partial charge in [0.25, 0.3) is 0 Å². The summed E-state index contributed by atoms with van der Waals surface area (Å²) < 4.78 is 0. The van der Waals surface area contributed by atoms with E-state index in [0.29, 0.717) is 5.41 Å². The zero-order valence-corrected chi connectivity index (χ0v) is 13.1. The van der Waals surface area contributed by atoms with Gasteiger partial charge in [-0.3, -0.25) is 4.79 Å². The van der Waals surface area contributed by atoms with Gasteiger partial charge < -0.3 is 4.90 Å². The Morgan fingerprint density at radius 3 is 2.70 bits per heavy atom. The molecule has 1 atom stereocenters. The van der Waals surface area contributed by atoms with Gasteiger partial charge in [-0.2, -0.15) is 0 Å². The van der Waals surface area contributed by atoms with Crippen LogP contribution < -0.4 is 4.90 Å². The molecule has 0 spiro atoms. The molecule has 20 heavy (non-hydrogen) atoms. The van der Waals surface area contributed by atoms with Crippen LogP contribution in [0.2, 0.25) is 0 Å². The maximum atomic E-state index is 11.8. The molecular weight excluding hydrogens is 248 g/mol. The molecule has 1 aromatic rings. The lowest BCUT2D eigenvalue weighted by molar-refractivity contribution is 0.101. The SMILES string of the molecule is CC(=O)c1cccnc1N1CCCC(C(C)(C)C)CC1. The van der Waals surface area contributed by atoms with Crippen LogP contribution in [0.4, 0.5) is 5.82 Å². The van der Waals surface area contributed by atoms with E-state index in [1.165, 1.54) is 19.3 Å². The van der Waals surface area contributed by atoms with E-state index in [1.807, 2.05) is 12.1 Å². The highest BCUT2D eigenvalue weighted by molar-refractivity contribution is 5.98. The van der Waals surface area contributed by atoms with Crippen molar-refractivity contribution in [2.75, 3.05) is 18.0 Å². The third kappa shape index (κ3) is 3.38. The Hall–Kier alpha value is -1.38. The van der Waals surface area contributed by atoms with Crippen LogP contribution in [0.1, 0.15) is 57.3 Å². The first-order valence-corrected chi connectivity index (χ1v) is 7.60. The van der Waals surface area contributed by atoms with Crippen molar-refractivity contribution in [1.82, 2.24) is 4.98 Å². The summed E-state index contributed by atoms with van der Waals surface area (Å²) in [5, 5.41) is 0. The number of anilines is 1. The zero-order chi connectivity index (χ0) is 14.8. The molecule has 0 amide bonds. The maximum absolute atomic E-state index is 11.8. The second kappa shape index (κ2) is 5.94. The fraction of sp³-hybridized carbons (Fsp3) is 0.647. The number of pyridine rings is 1. The number of aromatic nitrogens is 1. The molecule has 1 aliphatic rings. The van der Waals surface area contributed by atoms with E-state index < -0.39 is 0 Å². The van der Waals surface area contributed by atoms with Crippen molar-refractivity contribution in [3.63, 3.8) is 0 Å². The zero-order valence-electron chi connectivity index (χ0n) is 13.1. The number of carbonyl (C=O) groups excluding carboxylic acids is 1. The standard InChI is InChI=1S/C17H26N2O/c1-13(20)15-8-5-10-18-16(15)19-11-6-7-14(9-12-19)17(2,3)4/h5,8,10,14H,6-7,9,11-12H2,1-4H3. The molecule has 0 aromatic carbocycles. The molecule has 1 saturated heterocycles. The molecule has 1 unspecified atom stereocenters. The van der Waals surface area contributed by atoms with E-state index in [9.17, 15) is 4.79 Å². The van der Waals surface area contributed by atoms with Crippen molar-refractivity contribution in [3.05, 3.63) is 23.9 Å². The number of hydrogen-bond acceptors (Lipinski definition) is 3. The van der Waals surface area contributed by atoms with Crippen LogP contribution >= 0.6 is 0 Å². The minimum atomic E-state index is 0.102. The average molecular weight is 274 g/mol. The lowest BCUT2D eigenvalue weighted by Gasteiger charge is -2.30. The molecule has 0 N–H and O–H groups in total. The van der Waals surface area contributed by atoms with Gasteiger partial charge in [0.05, 0.1) is 5.56 Å². The van der Waals surface area contributed by atoms with Crippen LogP contribution in [0.15, 0.2) is 18.3 Å². The molecule has 3 heteroatoms. The van der Waals surface area contributed by atoms with Crippen LogP contribution in [0.25, 0.3) is 0 Å². The highest BCUT2D eigenvalue weighted by Crippen LogP contribution is 2.35. The van der Waals surface area contributed by atoms with E-state index in [0.717, 1.165) is 30.4 Å². The van der Waals surface area contributed by atoms with Gasteiger partial charge in [0.1, 0.15) is 5.82 Å². The van der Waals surface area contributed by atoms with Gasteiger partial charge in [0.15, 0.2) is 5.78 Å². The van der Waals surface area contributed by atoms with E-state index in [2.05, 4.69) is 30.7 Å². The summed E-state index contributed by atoms with van der Waals surface area (Å²) in [5.74, 6) is 1.72. The van der Waals surface area contributed by atoms with Crippen molar-refractivity contribution in [2.45, 2.75) is 47.0 Å². The monoisotopic (exact) mass is 274 g/mol. The molecule has 2 heterocycles. The Morgan fingerprint density at radius 2 is 2.05 bits per heavy atom.